The molecule has 1 amide bonds. The van der Waals surface area contributed by atoms with Gasteiger partial charge >= 0.3 is 0 Å². The molecule has 0 unspecified atom stereocenters. The summed E-state index contributed by atoms with van der Waals surface area (Å²) in [6.45, 7) is 0.515. The number of ether oxygens (including phenoxy) is 1. The van der Waals surface area contributed by atoms with Crippen LogP contribution < -0.4 is 10.1 Å². The second-order valence-corrected chi connectivity index (χ2v) is 6.15. The lowest BCUT2D eigenvalue weighted by molar-refractivity contribution is 0.102. The van der Waals surface area contributed by atoms with Gasteiger partial charge in [-0.15, -0.1) is 0 Å². The average molecular weight is 376 g/mol. The van der Waals surface area contributed by atoms with Crippen molar-refractivity contribution >= 4 is 34.9 Å². The molecule has 3 rings (SSSR count). The van der Waals surface area contributed by atoms with Crippen molar-refractivity contribution in [3.05, 3.63) is 75.9 Å². The van der Waals surface area contributed by atoms with Gasteiger partial charge in [-0.3, -0.25) is 9.48 Å². The number of benzene rings is 2. The third-order valence-electron chi connectivity index (χ3n) is 3.56. The minimum atomic E-state index is -0.337. The van der Waals surface area contributed by atoms with E-state index in [0.29, 0.717) is 33.7 Å². The minimum absolute atomic E-state index is 0.298. The third-order valence-corrected chi connectivity index (χ3v) is 4.09. The Labute approximate surface area is 155 Å². The first-order valence-electron chi connectivity index (χ1n) is 7.48. The van der Waals surface area contributed by atoms with Gasteiger partial charge in [0.1, 0.15) is 10.8 Å². The standard InChI is InChI=1S/C18H15Cl2N3O2/c1-25-16-5-3-2-4-14(16)18(24)21-17-15(20)11-23(22-17)10-12-6-8-13(19)9-7-12/h2-9,11H,10H2,1H3,(H,21,22,24). The Morgan fingerprint density at radius 2 is 1.88 bits per heavy atom. The maximum atomic E-state index is 12.4. The van der Waals surface area contributed by atoms with E-state index in [1.807, 2.05) is 24.3 Å². The Kier molecular flexibility index (Phi) is 5.26. The number of hydrogen-bond donors (Lipinski definition) is 1. The number of carbonyl (C=O) groups is 1. The van der Waals surface area contributed by atoms with E-state index in [1.165, 1.54) is 7.11 Å². The molecule has 0 fully saturated rings. The van der Waals surface area contributed by atoms with Crippen molar-refractivity contribution in [1.29, 1.82) is 0 Å². The SMILES string of the molecule is COc1ccccc1C(=O)Nc1nn(Cc2ccc(Cl)cc2)cc1Cl. The summed E-state index contributed by atoms with van der Waals surface area (Å²) < 4.78 is 6.85. The van der Waals surface area contributed by atoms with Gasteiger partial charge in [-0.05, 0) is 29.8 Å². The molecule has 25 heavy (non-hydrogen) atoms. The maximum absolute atomic E-state index is 12.4. The maximum Gasteiger partial charge on any atom is 0.260 e. The van der Waals surface area contributed by atoms with Crippen LogP contribution in [0.1, 0.15) is 15.9 Å². The first kappa shape index (κ1) is 17.3. The second kappa shape index (κ2) is 7.59. The Bertz CT molecular complexity index is 892. The molecule has 0 saturated carbocycles. The van der Waals surface area contributed by atoms with Gasteiger partial charge in [0.2, 0.25) is 0 Å². The van der Waals surface area contributed by atoms with Crippen LogP contribution in [0, 0.1) is 0 Å². The summed E-state index contributed by atoms with van der Waals surface area (Å²) in [7, 11) is 1.51. The monoisotopic (exact) mass is 375 g/mol. The molecule has 0 radical (unpaired) electrons. The number of methoxy groups -OCH3 is 1. The van der Waals surface area contributed by atoms with E-state index in [4.69, 9.17) is 27.9 Å². The summed E-state index contributed by atoms with van der Waals surface area (Å²) in [5.74, 6) is 0.444. The van der Waals surface area contributed by atoms with Crippen LogP contribution in [0.3, 0.4) is 0 Å². The van der Waals surface area contributed by atoms with Gasteiger partial charge in [-0.25, -0.2) is 0 Å². The fraction of sp³-hybridized carbons (Fsp3) is 0.111. The first-order valence-corrected chi connectivity index (χ1v) is 8.24. The molecule has 128 valence electrons. The molecule has 0 aliphatic heterocycles. The Balaban J connectivity index is 1.76. The lowest BCUT2D eigenvalue weighted by atomic mass is 10.2. The van der Waals surface area contributed by atoms with Gasteiger partial charge in [0.05, 0.1) is 19.2 Å². The lowest BCUT2D eigenvalue weighted by Gasteiger charge is -2.07. The van der Waals surface area contributed by atoms with E-state index in [0.717, 1.165) is 5.56 Å². The van der Waals surface area contributed by atoms with Gasteiger partial charge in [0.15, 0.2) is 5.82 Å². The normalized spacial score (nSPS) is 10.5. The molecule has 0 spiro atoms. The fourth-order valence-corrected chi connectivity index (χ4v) is 2.67. The van der Waals surface area contributed by atoms with Gasteiger partial charge in [-0.2, -0.15) is 5.10 Å². The zero-order valence-corrected chi connectivity index (χ0v) is 14.9. The molecule has 0 atom stereocenters. The summed E-state index contributed by atoms with van der Waals surface area (Å²) >= 11 is 12.1. The van der Waals surface area contributed by atoms with Gasteiger partial charge in [0.25, 0.3) is 5.91 Å². The molecule has 0 saturated heterocycles. The minimum Gasteiger partial charge on any atom is -0.496 e. The van der Waals surface area contributed by atoms with Gasteiger partial charge < -0.3 is 10.1 Å². The average Bonchev–Trinajstić information content (AvgIpc) is 2.96. The van der Waals surface area contributed by atoms with Crippen LogP contribution in [0.25, 0.3) is 0 Å². The molecule has 3 aromatic rings. The van der Waals surface area contributed by atoms with Crippen LogP contribution >= 0.6 is 23.2 Å². The largest absolute Gasteiger partial charge is 0.496 e. The number of halogens is 2. The second-order valence-electron chi connectivity index (χ2n) is 5.30. The smallest absolute Gasteiger partial charge is 0.260 e. The highest BCUT2D eigenvalue weighted by atomic mass is 35.5. The summed E-state index contributed by atoms with van der Waals surface area (Å²) in [6.07, 6.45) is 1.66. The number of carbonyl (C=O) groups excluding carboxylic acids is 1. The molecule has 1 heterocycles. The number of hydrogen-bond acceptors (Lipinski definition) is 3. The van der Waals surface area contributed by atoms with Crippen molar-refractivity contribution in [3.8, 4) is 5.75 Å². The molecule has 5 nitrogen and oxygen atoms in total. The molecule has 2 aromatic carbocycles. The van der Waals surface area contributed by atoms with Crippen LogP contribution in [0.15, 0.2) is 54.7 Å². The molecular weight excluding hydrogens is 361 g/mol. The summed E-state index contributed by atoms with van der Waals surface area (Å²) in [5, 5.41) is 8.07. The predicted molar refractivity (Wildman–Crippen MR) is 98.7 cm³/mol. The lowest BCUT2D eigenvalue weighted by Crippen LogP contribution is -2.14. The summed E-state index contributed by atoms with van der Waals surface area (Å²) in [4.78, 5) is 12.4. The van der Waals surface area contributed by atoms with Gasteiger partial charge in [-0.1, -0.05) is 47.5 Å². The topological polar surface area (TPSA) is 56.1 Å². The van der Waals surface area contributed by atoms with Crippen molar-refractivity contribution in [2.24, 2.45) is 0 Å². The number of nitrogens with one attached hydrogen (secondary N) is 1. The van der Waals surface area contributed by atoms with Crippen molar-refractivity contribution in [3.63, 3.8) is 0 Å². The highest BCUT2D eigenvalue weighted by Crippen LogP contribution is 2.23. The van der Waals surface area contributed by atoms with E-state index in [-0.39, 0.29) is 5.91 Å². The molecule has 1 N–H and O–H groups in total. The van der Waals surface area contributed by atoms with Crippen LogP contribution in [-0.2, 0) is 6.54 Å². The van der Waals surface area contributed by atoms with Crippen LogP contribution in [0.2, 0.25) is 10.0 Å². The summed E-state index contributed by atoms with van der Waals surface area (Å²) in [5.41, 5.74) is 1.43. The third kappa shape index (κ3) is 4.13. The molecule has 0 aliphatic rings. The van der Waals surface area contributed by atoms with Crippen LogP contribution in [0.5, 0.6) is 5.75 Å². The highest BCUT2D eigenvalue weighted by molar-refractivity contribution is 6.33. The van der Waals surface area contributed by atoms with E-state index >= 15 is 0 Å². The number of para-hydroxylation sites is 1. The van der Waals surface area contributed by atoms with E-state index in [1.54, 1.807) is 35.1 Å². The Morgan fingerprint density at radius 3 is 2.60 bits per heavy atom. The Hall–Kier alpha value is -2.50. The molecular formula is C18H15Cl2N3O2. The van der Waals surface area contributed by atoms with E-state index < -0.39 is 0 Å². The fourth-order valence-electron chi connectivity index (χ4n) is 2.35. The molecule has 0 aliphatic carbocycles. The van der Waals surface area contributed by atoms with E-state index in [9.17, 15) is 4.79 Å². The van der Waals surface area contributed by atoms with E-state index in [2.05, 4.69) is 10.4 Å². The number of amides is 1. The summed E-state index contributed by atoms with van der Waals surface area (Å²) in [6, 6.07) is 14.4. The highest BCUT2D eigenvalue weighted by Gasteiger charge is 2.15. The Morgan fingerprint density at radius 1 is 1.16 bits per heavy atom. The zero-order valence-electron chi connectivity index (χ0n) is 13.4. The molecule has 7 heteroatoms. The molecule has 0 bridgehead atoms. The predicted octanol–water partition coefficient (Wildman–Crippen LogP) is 4.50. The number of nitrogens with zero attached hydrogens (tertiary/aromatic N) is 2. The number of aromatic nitrogens is 2. The number of anilines is 1. The first-order chi connectivity index (χ1) is 12.1. The van der Waals surface area contributed by atoms with Crippen molar-refractivity contribution in [2.45, 2.75) is 6.54 Å². The van der Waals surface area contributed by atoms with Crippen molar-refractivity contribution < 1.29 is 9.53 Å². The zero-order chi connectivity index (χ0) is 17.8. The van der Waals surface area contributed by atoms with Crippen LogP contribution in [-0.4, -0.2) is 22.8 Å². The number of rotatable bonds is 5. The van der Waals surface area contributed by atoms with Gasteiger partial charge in [0, 0.05) is 11.2 Å². The van der Waals surface area contributed by atoms with Crippen molar-refractivity contribution in [1.82, 2.24) is 9.78 Å². The quantitative estimate of drug-likeness (QED) is 0.714. The molecule has 1 aromatic heterocycles. The van der Waals surface area contributed by atoms with Crippen LogP contribution in [0.4, 0.5) is 5.82 Å². The van der Waals surface area contributed by atoms with Crippen molar-refractivity contribution in [2.75, 3.05) is 12.4 Å².